The van der Waals surface area contributed by atoms with Gasteiger partial charge in [-0.1, -0.05) is 31.2 Å². The van der Waals surface area contributed by atoms with Crippen molar-refractivity contribution in [2.75, 3.05) is 18.0 Å². The summed E-state index contributed by atoms with van der Waals surface area (Å²) in [5.74, 6) is 1.69. The van der Waals surface area contributed by atoms with Gasteiger partial charge in [0.15, 0.2) is 0 Å². The zero-order valence-corrected chi connectivity index (χ0v) is 18.7. The Morgan fingerprint density at radius 2 is 1.90 bits per heavy atom. The van der Waals surface area contributed by atoms with E-state index in [2.05, 4.69) is 51.0 Å². The van der Waals surface area contributed by atoms with E-state index in [0.29, 0.717) is 5.56 Å². The molecule has 1 N–H and O–H groups in total. The number of carbonyl (C=O) groups excluding carboxylic acids is 1. The molecule has 3 aromatic rings. The molecule has 5 heteroatoms. The molecule has 5 nitrogen and oxygen atoms in total. The first kappa shape index (κ1) is 21.2. The molecule has 2 aromatic carbocycles. The number of amides is 1. The van der Waals surface area contributed by atoms with Crippen LogP contribution in [-0.2, 0) is 6.54 Å². The van der Waals surface area contributed by atoms with Gasteiger partial charge in [0.2, 0.25) is 0 Å². The van der Waals surface area contributed by atoms with Crippen LogP contribution in [0.25, 0.3) is 0 Å². The molecule has 0 spiro atoms. The quantitative estimate of drug-likeness (QED) is 0.617. The lowest BCUT2D eigenvalue weighted by atomic mass is 9.99. The summed E-state index contributed by atoms with van der Waals surface area (Å²) >= 11 is 0. The fraction of sp³-hybridized carbons (Fsp3) is 0.385. The minimum atomic E-state index is -0.0493. The number of nitrogens with zero attached hydrogens (tertiary/aromatic N) is 3. The molecule has 31 heavy (non-hydrogen) atoms. The second-order valence-corrected chi connectivity index (χ2v) is 8.78. The summed E-state index contributed by atoms with van der Waals surface area (Å²) < 4.78 is 2.09. The smallest absolute Gasteiger partial charge is 0.251 e. The number of piperidine rings is 1. The van der Waals surface area contributed by atoms with E-state index in [-0.39, 0.29) is 11.9 Å². The van der Waals surface area contributed by atoms with Crippen molar-refractivity contribution < 1.29 is 4.79 Å². The molecule has 0 unspecified atom stereocenters. The van der Waals surface area contributed by atoms with Gasteiger partial charge in [-0.3, -0.25) is 4.79 Å². The van der Waals surface area contributed by atoms with Gasteiger partial charge in [-0.05, 0) is 68.0 Å². The predicted octanol–water partition coefficient (Wildman–Crippen LogP) is 4.97. The lowest BCUT2D eigenvalue weighted by Crippen LogP contribution is -2.34. The Morgan fingerprint density at radius 1 is 1.16 bits per heavy atom. The Bertz CT molecular complexity index is 1010. The Morgan fingerprint density at radius 3 is 2.55 bits per heavy atom. The number of hydrogen-bond acceptors (Lipinski definition) is 3. The van der Waals surface area contributed by atoms with Crippen LogP contribution in [0.3, 0.4) is 0 Å². The highest BCUT2D eigenvalue weighted by Crippen LogP contribution is 2.24. The Balaban J connectivity index is 1.35. The first-order chi connectivity index (χ1) is 15.0. The van der Waals surface area contributed by atoms with E-state index in [1.54, 1.807) is 6.20 Å². The fourth-order valence-corrected chi connectivity index (χ4v) is 4.29. The van der Waals surface area contributed by atoms with Crippen molar-refractivity contribution in [1.29, 1.82) is 0 Å². The van der Waals surface area contributed by atoms with Gasteiger partial charge in [-0.2, -0.15) is 0 Å². The van der Waals surface area contributed by atoms with Crippen molar-refractivity contribution in [3.8, 4) is 0 Å². The molecule has 0 aliphatic carbocycles. The Hall–Kier alpha value is -3.08. The molecule has 162 valence electrons. The summed E-state index contributed by atoms with van der Waals surface area (Å²) in [5, 5.41) is 3.12. The first-order valence-electron chi connectivity index (χ1n) is 11.2. The molecule has 2 atom stereocenters. The van der Waals surface area contributed by atoms with Crippen molar-refractivity contribution in [1.82, 2.24) is 14.9 Å². The minimum absolute atomic E-state index is 0.0462. The number of aromatic nitrogens is 2. The van der Waals surface area contributed by atoms with Gasteiger partial charge < -0.3 is 14.8 Å². The predicted molar refractivity (Wildman–Crippen MR) is 125 cm³/mol. The molecular weight excluding hydrogens is 384 g/mol. The highest BCUT2D eigenvalue weighted by atomic mass is 16.1. The summed E-state index contributed by atoms with van der Waals surface area (Å²) in [6.45, 7) is 9.36. The van der Waals surface area contributed by atoms with E-state index in [1.807, 2.05) is 44.3 Å². The highest BCUT2D eigenvalue weighted by Gasteiger charge is 2.17. The zero-order chi connectivity index (χ0) is 21.8. The number of imidazole rings is 1. The van der Waals surface area contributed by atoms with Crippen LogP contribution < -0.4 is 10.2 Å². The standard InChI is InChI=1S/C26H32N4O/c1-19-5-4-15-30(17-19)25-12-10-23(11-13-25)20(2)28-26(31)24-8-6-22(7-9-24)18-29-16-14-27-21(29)3/h6-14,16,19-20H,4-5,15,17-18H2,1-3H3,(H,28,31)/t19-,20-/m1/s1. The second kappa shape index (κ2) is 9.38. The first-order valence-corrected chi connectivity index (χ1v) is 11.2. The van der Waals surface area contributed by atoms with Crippen LogP contribution in [0, 0.1) is 12.8 Å². The van der Waals surface area contributed by atoms with Crippen LogP contribution in [0.5, 0.6) is 0 Å². The molecule has 0 radical (unpaired) electrons. The maximum Gasteiger partial charge on any atom is 0.251 e. The lowest BCUT2D eigenvalue weighted by Gasteiger charge is -2.33. The highest BCUT2D eigenvalue weighted by molar-refractivity contribution is 5.94. The van der Waals surface area contributed by atoms with Crippen LogP contribution in [0.15, 0.2) is 60.9 Å². The van der Waals surface area contributed by atoms with Crippen LogP contribution in [0.1, 0.15) is 60.0 Å². The third-order valence-electron chi connectivity index (χ3n) is 6.26. The monoisotopic (exact) mass is 416 g/mol. The number of benzene rings is 2. The van der Waals surface area contributed by atoms with Crippen molar-refractivity contribution in [3.05, 3.63) is 83.4 Å². The molecule has 0 bridgehead atoms. The lowest BCUT2D eigenvalue weighted by molar-refractivity contribution is 0.0940. The molecule has 1 aliphatic rings. The van der Waals surface area contributed by atoms with Crippen molar-refractivity contribution in [3.63, 3.8) is 0 Å². The summed E-state index contributed by atoms with van der Waals surface area (Å²) in [7, 11) is 0. The second-order valence-electron chi connectivity index (χ2n) is 8.78. The molecule has 1 aliphatic heterocycles. The molecule has 0 saturated carbocycles. The number of aryl methyl sites for hydroxylation is 1. The third kappa shape index (κ3) is 5.16. The third-order valence-corrected chi connectivity index (χ3v) is 6.26. The van der Waals surface area contributed by atoms with Gasteiger partial charge in [0, 0.05) is 43.3 Å². The number of hydrogen-bond donors (Lipinski definition) is 1. The summed E-state index contributed by atoms with van der Waals surface area (Å²) in [5.41, 5.74) is 4.22. The van der Waals surface area contributed by atoms with E-state index in [4.69, 9.17) is 0 Å². The van der Waals surface area contributed by atoms with Crippen molar-refractivity contribution >= 4 is 11.6 Å². The van der Waals surface area contributed by atoms with Crippen LogP contribution in [0.2, 0.25) is 0 Å². The van der Waals surface area contributed by atoms with Crippen LogP contribution >= 0.6 is 0 Å². The molecule has 4 rings (SSSR count). The van der Waals surface area contributed by atoms with Gasteiger partial charge in [0.25, 0.3) is 5.91 Å². The van der Waals surface area contributed by atoms with E-state index in [9.17, 15) is 4.79 Å². The summed E-state index contributed by atoms with van der Waals surface area (Å²) in [6, 6.07) is 16.4. The average molecular weight is 417 g/mol. The SMILES string of the molecule is Cc1nccn1Cc1ccc(C(=O)N[C@H](C)c2ccc(N3CCC[C@@H](C)C3)cc2)cc1. The van der Waals surface area contributed by atoms with Gasteiger partial charge in [-0.25, -0.2) is 4.98 Å². The topological polar surface area (TPSA) is 50.2 Å². The van der Waals surface area contributed by atoms with Gasteiger partial charge in [0.05, 0.1) is 6.04 Å². The van der Waals surface area contributed by atoms with E-state index < -0.39 is 0 Å². The van der Waals surface area contributed by atoms with Crippen molar-refractivity contribution in [2.24, 2.45) is 5.92 Å². The number of rotatable bonds is 6. The number of carbonyl (C=O) groups is 1. The maximum atomic E-state index is 12.7. The van der Waals surface area contributed by atoms with Crippen LogP contribution in [0.4, 0.5) is 5.69 Å². The van der Waals surface area contributed by atoms with Gasteiger partial charge in [0.1, 0.15) is 5.82 Å². The molecular formula is C26H32N4O. The number of nitrogens with one attached hydrogen (secondary N) is 1. The maximum absolute atomic E-state index is 12.7. The Kier molecular flexibility index (Phi) is 6.40. The zero-order valence-electron chi connectivity index (χ0n) is 18.7. The largest absolute Gasteiger partial charge is 0.371 e. The van der Waals surface area contributed by atoms with E-state index in [1.165, 1.54) is 18.5 Å². The number of anilines is 1. The Labute approximate surface area is 185 Å². The normalized spacial score (nSPS) is 17.4. The molecule has 2 heterocycles. The van der Waals surface area contributed by atoms with E-state index in [0.717, 1.165) is 42.5 Å². The summed E-state index contributed by atoms with van der Waals surface area (Å²) in [4.78, 5) is 19.4. The molecule has 1 fully saturated rings. The molecule has 1 aromatic heterocycles. The van der Waals surface area contributed by atoms with Crippen molar-refractivity contribution in [2.45, 2.75) is 46.2 Å². The summed E-state index contributed by atoms with van der Waals surface area (Å²) in [6.07, 6.45) is 6.35. The average Bonchev–Trinajstić information content (AvgIpc) is 3.18. The van der Waals surface area contributed by atoms with Gasteiger partial charge >= 0.3 is 0 Å². The fourth-order valence-electron chi connectivity index (χ4n) is 4.29. The minimum Gasteiger partial charge on any atom is -0.371 e. The van der Waals surface area contributed by atoms with E-state index >= 15 is 0 Å². The van der Waals surface area contributed by atoms with Crippen LogP contribution in [-0.4, -0.2) is 28.5 Å². The molecule has 1 saturated heterocycles. The van der Waals surface area contributed by atoms with Gasteiger partial charge in [-0.15, -0.1) is 0 Å². The molecule has 1 amide bonds.